The molecule has 7 nitrogen and oxygen atoms in total. The van der Waals surface area contributed by atoms with Crippen LogP contribution in [0.5, 0.6) is 0 Å². The lowest BCUT2D eigenvalue weighted by Crippen LogP contribution is -2.38. The van der Waals surface area contributed by atoms with Gasteiger partial charge in [-0.1, -0.05) is 6.07 Å². The molecule has 0 atom stereocenters. The van der Waals surface area contributed by atoms with Gasteiger partial charge < -0.3 is 15.6 Å². The molecule has 0 unspecified atom stereocenters. The summed E-state index contributed by atoms with van der Waals surface area (Å²) in [4.78, 5) is 12.3. The third-order valence-corrected chi connectivity index (χ3v) is 5.22. The number of pyridine rings is 1. The summed E-state index contributed by atoms with van der Waals surface area (Å²) in [5, 5.41) is 12.2. The lowest BCUT2D eigenvalue weighted by molar-refractivity contribution is 0.629. The van der Waals surface area contributed by atoms with Crippen molar-refractivity contribution in [1.29, 1.82) is 0 Å². The van der Waals surface area contributed by atoms with Gasteiger partial charge in [-0.05, 0) is 68.7 Å². The minimum absolute atomic E-state index is 0. The van der Waals surface area contributed by atoms with E-state index in [-0.39, 0.29) is 29.8 Å². The number of aromatic nitrogens is 4. The predicted molar refractivity (Wildman–Crippen MR) is 141 cm³/mol. The molecule has 3 aromatic heterocycles. The molecular formula is C24H29FIN7. The summed E-state index contributed by atoms with van der Waals surface area (Å²) in [5.74, 6) is 1.32. The van der Waals surface area contributed by atoms with E-state index in [0.717, 1.165) is 58.2 Å². The van der Waals surface area contributed by atoms with Crippen LogP contribution in [0.15, 0.2) is 53.8 Å². The number of nitrogens with zero attached hydrogens (tertiary/aromatic N) is 4. The molecule has 1 aromatic carbocycles. The van der Waals surface area contributed by atoms with E-state index in [1.165, 1.54) is 12.1 Å². The molecule has 0 saturated heterocycles. The molecule has 33 heavy (non-hydrogen) atoms. The minimum Gasteiger partial charge on any atom is -0.361 e. The number of aryl methyl sites for hydroxylation is 2. The highest BCUT2D eigenvalue weighted by Crippen LogP contribution is 2.19. The number of guanidine groups is 1. The number of H-pyrrole nitrogens is 1. The van der Waals surface area contributed by atoms with Gasteiger partial charge in [-0.2, -0.15) is 5.10 Å². The zero-order valence-electron chi connectivity index (χ0n) is 19.0. The van der Waals surface area contributed by atoms with Crippen LogP contribution in [0.3, 0.4) is 0 Å². The van der Waals surface area contributed by atoms with E-state index >= 15 is 0 Å². The van der Waals surface area contributed by atoms with Crippen LogP contribution in [0.4, 0.5) is 4.39 Å². The Labute approximate surface area is 209 Å². The van der Waals surface area contributed by atoms with Crippen LogP contribution < -0.4 is 10.6 Å². The van der Waals surface area contributed by atoms with Crippen LogP contribution in [0, 0.1) is 19.7 Å². The fourth-order valence-electron chi connectivity index (χ4n) is 3.69. The van der Waals surface area contributed by atoms with Crippen LogP contribution in [0.2, 0.25) is 0 Å². The van der Waals surface area contributed by atoms with Crippen LogP contribution in [0.1, 0.15) is 29.4 Å². The van der Waals surface area contributed by atoms with Crippen molar-refractivity contribution in [2.45, 2.75) is 33.7 Å². The van der Waals surface area contributed by atoms with Crippen molar-refractivity contribution in [3.63, 3.8) is 0 Å². The third-order valence-electron chi connectivity index (χ3n) is 5.22. The number of hydrogen-bond acceptors (Lipinski definition) is 3. The summed E-state index contributed by atoms with van der Waals surface area (Å²) < 4.78 is 15.2. The highest BCUT2D eigenvalue weighted by molar-refractivity contribution is 14.0. The molecule has 0 spiro atoms. The molecule has 174 valence electrons. The van der Waals surface area contributed by atoms with Gasteiger partial charge in [0.05, 0.1) is 12.2 Å². The standard InChI is InChI=1S/C24H28FN7.HI/c1-4-26-24(27-10-9-19-15-28-22-12-20(25)6-7-21(19)22)30-14-18-5-8-23(29-13-18)32-17(3)11-16(2)31-32;/h5-8,11-13,15,28H,4,9-10,14H2,1-3H3,(H2,26,27,30);1H. The molecule has 9 heteroatoms. The number of aromatic amines is 1. The first-order valence-electron chi connectivity index (χ1n) is 10.8. The average molecular weight is 561 g/mol. The summed E-state index contributed by atoms with van der Waals surface area (Å²) in [6.45, 7) is 8.03. The van der Waals surface area contributed by atoms with Crippen molar-refractivity contribution < 1.29 is 4.39 Å². The maximum absolute atomic E-state index is 13.4. The smallest absolute Gasteiger partial charge is 0.191 e. The number of rotatable bonds is 7. The van der Waals surface area contributed by atoms with E-state index in [2.05, 4.69) is 30.7 Å². The highest BCUT2D eigenvalue weighted by atomic mass is 127. The van der Waals surface area contributed by atoms with Crippen LogP contribution in [-0.4, -0.2) is 38.8 Å². The third kappa shape index (κ3) is 6.10. The van der Waals surface area contributed by atoms with Gasteiger partial charge in [-0.3, -0.25) is 0 Å². The molecule has 0 saturated carbocycles. The van der Waals surface area contributed by atoms with Gasteiger partial charge in [-0.15, -0.1) is 24.0 Å². The molecule has 0 bridgehead atoms. The van der Waals surface area contributed by atoms with Crippen LogP contribution in [0.25, 0.3) is 16.7 Å². The normalized spacial score (nSPS) is 11.5. The van der Waals surface area contributed by atoms with Crippen molar-refractivity contribution in [2.75, 3.05) is 13.1 Å². The molecule has 0 aliphatic carbocycles. The number of fused-ring (bicyclic) bond motifs is 1. The molecule has 0 aliphatic rings. The summed E-state index contributed by atoms with van der Waals surface area (Å²) >= 11 is 0. The second-order valence-electron chi connectivity index (χ2n) is 7.74. The fourth-order valence-corrected chi connectivity index (χ4v) is 3.69. The quantitative estimate of drug-likeness (QED) is 0.177. The first-order valence-corrected chi connectivity index (χ1v) is 10.8. The zero-order chi connectivity index (χ0) is 22.5. The number of nitrogens with one attached hydrogen (secondary N) is 3. The molecule has 4 rings (SSSR count). The van der Waals surface area contributed by atoms with E-state index in [1.807, 2.05) is 62.1 Å². The lowest BCUT2D eigenvalue weighted by atomic mass is 10.1. The van der Waals surface area contributed by atoms with Gasteiger partial charge in [0.25, 0.3) is 0 Å². The molecule has 3 N–H and O–H groups in total. The maximum atomic E-state index is 13.4. The van der Waals surface area contributed by atoms with Crippen molar-refractivity contribution in [3.05, 3.63) is 77.1 Å². The molecule has 0 fully saturated rings. The van der Waals surface area contributed by atoms with Crippen LogP contribution >= 0.6 is 24.0 Å². The van der Waals surface area contributed by atoms with Gasteiger partial charge in [0.2, 0.25) is 0 Å². The number of aliphatic imine (C=N–C) groups is 1. The minimum atomic E-state index is -0.233. The van der Waals surface area contributed by atoms with E-state index in [0.29, 0.717) is 13.1 Å². The Morgan fingerprint density at radius 1 is 1.15 bits per heavy atom. The van der Waals surface area contributed by atoms with Crippen molar-refractivity contribution >= 4 is 40.8 Å². The van der Waals surface area contributed by atoms with Gasteiger partial charge in [0.15, 0.2) is 11.8 Å². The first-order chi connectivity index (χ1) is 15.5. The Morgan fingerprint density at radius 3 is 2.70 bits per heavy atom. The monoisotopic (exact) mass is 561 g/mol. The van der Waals surface area contributed by atoms with Gasteiger partial charge >= 0.3 is 0 Å². The average Bonchev–Trinajstić information content (AvgIpc) is 3.34. The Balaban J connectivity index is 0.00000306. The predicted octanol–water partition coefficient (Wildman–Crippen LogP) is 4.42. The largest absolute Gasteiger partial charge is 0.361 e. The van der Waals surface area contributed by atoms with E-state index in [4.69, 9.17) is 0 Å². The summed E-state index contributed by atoms with van der Waals surface area (Å²) in [5.41, 5.74) is 5.01. The Bertz CT molecular complexity index is 1230. The summed E-state index contributed by atoms with van der Waals surface area (Å²) in [6, 6.07) is 10.8. The first kappa shape index (κ1) is 24.7. The van der Waals surface area contributed by atoms with Gasteiger partial charge in [0.1, 0.15) is 5.82 Å². The molecule has 0 aliphatic heterocycles. The summed E-state index contributed by atoms with van der Waals surface area (Å²) in [7, 11) is 0. The van der Waals surface area contributed by atoms with E-state index in [9.17, 15) is 4.39 Å². The molecule has 0 radical (unpaired) electrons. The highest BCUT2D eigenvalue weighted by Gasteiger charge is 2.07. The number of benzene rings is 1. The summed E-state index contributed by atoms with van der Waals surface area (Å²) in [6.07, 6.45) is 4.57. The second kappa shape index (κ2) is 11.3. The second-order valence-corrected chi connectivity index (χ2v) is 7.74. The van der Waals surface area contributed by atoms with E-state index in [1.54, 1.807) is 0 Å². The maximum Gasteiger partial charge on any atom is 0.191 e. The lowest BCUT2D eigenvalue weighted by Gasteiger charge is -2.11. The van der Waals surface area contributed by atoms with Crippen molar-refractivity contribution in [1.82, 2.24) is 30.4 Å². The van der Waals surface area contributed by atoms with Crippen molar-refractivity contribution in [2.24, 2.45) is 4.99 Å². The SMILES string of the molecule is CCNC(=NCc1ccc(-n2nc(C)cc2C)nc1)NCCc1c[nH]c2cc(F)ccc12.I. The zero-order valence-corrected chi connectivity index (χ0v) is 21.4. The Kier molecular flexibility index (Phi) is 8.43. The molecule has 3 heterocycles. The number of halogens is 2. The van der Waals surface area contributed by atoms with Crippen LogP contribution in [-0.2, 0) is 13.0 Å². The van der Waals surface area contributed by atoms with Gasteiger partial charge in [-0.25, -0.2) is 19.0 Å². The Morgan fingerprint density at radius 2 is 2.00 bits per heavy atom. The fraction of sp³-hybridized carbons (Fsp3) is 0.292. The number of hydrogen-bond donors (Lipinski definition) is 3. The topological polar surface area (TPSA) is 82.9 Å². The van der Waals surface area contributed by atoms with E-state index < -0.39 is 0 Å². The van der Waals surface area contributed by atoms with Crippen molar-refractivity contribution in [3.8, 4) is 5.82 Å². The molecule has 0 amide bonds. The Hall–Kier alpha value is -2.95. The molecule has 4 aromatic rings. The van der Waals surface area contributed by atoms with Gasteiger partial charge in [0, 0.05) is 42.1 Å². The molecular weight excluding hydrogens is 532 g/mol.